The molecular formula is C19H21Cl2NO3. The van der Waals surface area contributed by atoms with Gasteiger partial charge in [0.25, 0.3) is 0 Å². The third-order valence-electron chi connectivity index (χ3n) is 3.72. The van der Waals surface area contributed by atoms with E-state index in [0.29, 0.717) is 29.4 Å². The molecule has 4 nitrogen and oxygen atoms in total. The van der Waals surface area contributed by atoms with Gasteiger partial charge in [0.05, 0.1) is 30.0 Å². The van der Waals surface area contributed by atoms with Crippen LogP contribution in [0.25, 0.3) is 0 Å². The maximum absolute atomic E-state index is 11.8. The van der Waals surface area contributed by atoms with Gasteiger partial charge in [-0.3, -0.25) is 0 Å². The van der Waals surface area contributed by atoms with Crippen LogP contribution in [0.2, 0.25) is 10.0 Å². The first kappa shape index (κ1) is 19.4. The first-order valence-electron chi connectivity index (χ1n) is 7.94. The van der Waals surface area contributed by atoms with Crippen LogP contribution in [0, 0.1) is 13.8 Å². The maximum Gasteiger partial charge on any atom is 0.340 e. The summed E-state index contributed by atoms with van der Waals surface area (Å²) in [6.45, 7) is 5.05. The summed E-state index contributed by atoms with van der Waals surface area (Å²) in [6, 6.07) is 8.97. The van der Waals surface area contributed by atoms with Crippen molar-refractivity contribution in [2.75, 3.05) is 25.6 Å². The highest BCUT2D eigenvalue weighted by Crippen LogP contribution is 2.27. The zero-order valence-electron chi connectivity index (χ0n) is 14.5. The fraction of sp³-hybridized carbons (Fsp3) is 0.316. The van der Waals surface area contributed by atoms with Crippen LogP contribution in [0.5, 0.6) is 5.75 Å². The van der Waals surface area contributed by atoms with E-state index in [4.69, 9.17) is 32.7 Å². The highest BCUT2D eigenvalue weighted by molar-refractivity contribution is 6.34. The highest BCUT2D eigenvalue weighted by atomic mass is 35.5. The number of para-hydroxylation sites is 1. The lowest BCUT2D eigenvalue weighted by molar-refractivity contribution is 0.0602. The normalized spacial score (nSPS) is 10.4. The lowest BCUT2D eigenvalue weighted by Crippen LogP contribution is -2.12. The number of carbonyl (C=O) groups excluding carboxylic acids is 1. The van der Waals surface area contributed by atoms with Crippen LogP contribution in [0.15, 0.2) is 30.3 Å². The number of hydrogen-bond donors (Lipinski definition) is 1. The molecule has 0 aliphatic carbocycles. The van der Waals surface area contributed by atoms with Crippen LogP contribution >= 0.6 is 23.2 Å². The van der Waals surface area contributed by atoms with Crippen LogP contribution in [-0.2, 0) is 4.74 Å². The molecule has 2 rings (SSSR count). The van der Waals surface area contributed by atoms with Gasteiger partial charge in [-0.25, -0.2) is 4.79 Å². The number of nitrogens with one attached hydrogen (secondary N) is 1. The van der Waals surface area contributed by atoms with E-state index in [-0.39, 0.29) is 0 Å². The number of hydrogen-bond acceptors (Lipinski definition) is 4. The van der Waals surface area contributed by atoms with E-state index in [1.54, 1.807) is 18.2 Å². The van der Waals surface area contributed by atoms with Gasteiger partial charge in [0.2, 0.25) is 0 Å². The zero-order valence-corrected chi connectivity index (χ0v) is 16.0. The highest BCUT2D eigenvalue weighted by Gasteiger charge is 2.14. The molecule has 0 aliphatic heterocycles. The van der Waals surface area contributed by atoms with Gasteiger partial charge in [-0.15, -0.1) is 0 Å². The van der Waals surface area contributed by atoms with E-state index in [0.717, 1.165) is 28.3 Å². The molecule has 0 atom stereocenters. The summed E-state index contributed by atoms with van der Waals surface area (Å²) in [5.74, 6) is 0.376. The number of methoxy groups -OCH3 is 1. The van der Waals surface area contributed by atoms with Crippen LogP contribution < -0.4 is 10.1 Å². The quantitative estimate of drug-likeness (QED) is 0.523. The van der Waals surface area contributed by atoms with Crippen LogP contribution in [0.4, 0.5) is 5.69 Å². The van der Waals surface area contributed by atoms with Crippen molar-refractivity contribution in [1.82, 2.24) is 0 Å². The molecule has 0 amide bonds. The molecule has 0 bridgehead atoms. The summed E-state index contributed by atoms with van der Waals surface area (Å²) in [4.78, 5) is 11.8. The predicted molar refractivity (Wildman–Crippen MR) is 102 cm³/mol. The molecule has 0 heterocycles. The first-order chi connectivity index (χ1) is 11.9. The molecule has 6 heteroatoms. The van der Waals surface area contributed by atoms with E-state index in [1.807, 2.05) is 26.0 Å². The Morgan fingerprint density at radius 2 is 1.84 bits per heavy atom. The van der Waals surface area contributed by atoms with E-state index >= 15 is 0 Å². The Kier molecular flexibility index (Phi) is 6.97. The third kappa shape index (κ3) is 5.03. The Morgan fingerprint density at radius 3 is 2.48 bits per heavy atom. The maximum atomic E-state index is 11.8. The molecule has 0 spiro atoms. The summed E-state index contributed by atoms with van der Waals surface area (Å²) in [5.41, 5.74) is 2.98. The van der Waals surface area contributed by atoms with Crippen molar-refractivity contribution < 1.29 is 14.3 Å². The topological polar surface area (TPSA) is 47.6 Å². The molecule has 0 radical (unpaired) electrons. The molecule has 0 saturated carbocycles. The molecule has 2 aromatic carbocycles. The number of rotatable bonds is 7. The van der Waals surface area contributed by atoms with Crippen molar-refractivity contribution in [1.29, 1.82) is 0 Å². The van der Waals surface area contributed by atoms with Crippen molar-refractivity contribution in [3.8, 4) is 5.75 Å². The first-order valence-corrected chi connectivity index (χ1v) is 8.70. The van der Waals surface area contributed by atoms with Crippen molar-refractivity contribution in [2.24, 2.45) is 0 Å². The van der Waals surface area contributed by atoms with Gasteiger partial charge in [-0.1, -0.05) is 29.3 Å². The lowest BCUT2D eigenvalue weighted by Gasteiger charge is -2.13. The van der Waals surface area contributed by atoms with Crippen LogP contribution in [0.1, 0.15) is 27.9 Å². The van der Waals surface area contributed by atoms with E-state index in [9.17, 15) is 4.79 Å². The van der Waals surface area contributed by atoms with Crippen molar-refractivity contribution in [3.63, 3.8) is 0 Å². The summed E-state index contributed by atoms with van der Waals surface area (Å²) in [6.07, 6.45) is 0.743. The number of halogens is 2. The van der Waals surface area contributed by atoms with Gasteiger partial charge in [-0.05, 0) is 55.7 Å². The van der Waals surface area contributed by atoms with Gasteiger partial charge in [0.1, 0.15) is 5.75 Å². The Balaban J connectivity index is 1.89. The van der Waals surface area contributed by atoms with Gasteiger partial charge in [0, 0.05) is 11.6 Å². The predicted octanol–water partition coefficient (Wildman–Crippen LogP) is 5.28. The molecule has 0 aliphatic rings. The third-order valence-corrected chi connectivity index (χ3v) is 4.63. The van der Waals surface area contributed by atoms with Crippen molar-refractivity contribution >= 4 is 34.9 Å². The van der Waals surface area contributed by atoms with E-state index in [2.05, 4.69) is 5.32 Å². The molecule has 0 fully saturated rings. The lowest BCUT2D eigenvalue weighted by atomic mass is 10.1. The van der Waals surface area contributed by atoms with Crippen molar-refractivity contribution in [2.45, 2.75) is 20.3 Å². The monoisotopic (exact) mass is 381 g/mol. The second-order valence-electron chi connectivity index (χ2n) is 5.65. The smallest absolute Gasteiger partial charge is 0.340 e. The molecule has 25 heavy (non-hydrogen) atoms. The fourth-order valence-corrected chi connectivity index (χ4v) is 2.80. The number of anilines is 1. The molecular weight excluding hydrogens is 361 g/mol. The molecule has 2 aromatic rings. The minimum Gasteiger partial charge on any atom is -0.494 e. The summed E-state index contributed by atoms with van der Waals surface area (Å²) in [7, 11) is 1.34. The SMILES string of the molecule is COC(=O)c1cccc(Cl)c1NCCCOc1cc(C)c(Cl)c(C)c1. The number of esters is 1. The van der Waals surface area contributed by atoms with Gasteiger partial charge >= 0.3 is 5.97 Å². The average Bonchev–Trinajstić information content (AvgIpc) is 2.59. The number of benzene rings is 2. The van der Waals surface area contributed by atoms with Gasteiger partial charge in [-0.2, -0.15) is 0 Å². The summed E-state index contributed by atoms with van der Waals surface area (Å²) in [5, 5.41) is 4.43. The number of ether oxygens (including phenoxy) is 2. The van der Waals surface area contributed by atoms with Crippen LogP contribution in [-0.4, -0.2) is 26.2 Å². The Labute approximate surface area is 158 Å². The van der Waals surface area contributed by atoms with Crippen molar-refractivity contribution in [3.05, 3.63) is 57.1 Å². The largest absolute Gasteiger partial charge is 0.494 e. The number of aryl methyl sites for hydroxylation is 2. The van der Waals surface area contributed by atoms with E-state index < -0.39 is 5.97 Å². The second-order valence-corrected chi connectivity index (χ2v) is 6.44. The Morgan fingerprint density at radius 1 is 1.16 bits per heavy atom. The fourth-order valence-electron chi connectivity index (χ4n) is 2.45. The molecule has 0 unspecified atom stereocenters. The van der Waals surface area contributed by atoms with Gasteiger partial charge in [0.15, 0.2) is 0 Å². The van der Waals surface area contributed by atoms with Gasteiger partial charge < -0.3 is 14.8 Å². The summed E-state index contributed by atoms with van der Waals surface area (Å²) >= 11 is 12.3. The Hall–Kier alpha value is -1.91. The second kappa shape index (κ2) is 8.97. The molecule has 0 aromatic heterocycles. The Bertz CT molecular complexity index is 739. The van der Waals surface area contributed by atoms with Crippen LogP contribution in [0.3, 0.4) is 0 Å². The molecule has 134 valence electrons. The van der Waals surface area contributed by atoms with E-state index in [1.165, 1.54) is 7.11 Å². The summed E-state index contributed by atoms with van der Waals surface area (Å²) < 4.78 is 10.5. The number of carbonyl (C=O) groups is 1. The molecule has 1 N–H and O–H groups in total. The standard InChI is InChI=1S/C19H21Cl2NO3/c1-12-10-14(11-13(2)17(12)21)25-9-5-8-22-18-15(19(23)24-3)6-4-7-16(18)20/h4,6-7,10-11,22H,5,8-9H2,1-3H3. The zero-order chi connectivity index (χ0) is 18.4. The minimum atomic E-state index is -0.423. The average molecular weight is 382 g/mol. The minimum absolute atomic E-state index is 0.417. The molecule has 0 saturated heterocycles.